The van der Waals surface area contributed by atoms with Crippen LogP contribution in [0.1, 0.15) is 26.2 Å². The molecule has 0 spiro atoms. The molecule has 0 aromatic carbocycles. The van der Waals surface area contributed by atoms with Crippen LogP contribution in [0.2, 0.25) is 0 Å². The van der Waals surface area contributed by atoms with Gasteiger partial charge in [0.1, 0.15) is 0 Å². The number of aliphatic hydroxyl groups is 2. The lowest BCUT2D eigenvalue weighted by Crippen LogP contribution is -2.15. The first-order valence-electron chi connectivity index (χ1n) is 3.43. The molecule has 3 heteroatoms. The lowest BCUT2D eigenvalue weighted by molar-refractivity contribution is 0.0810. The number of nitrogens with zero attached hydrogens (tertiary/aromatic N) is 1. The largest absolute Gasteiger partial charge is 0.393 e. The van der Waals surface area contributed by atoms with E-state index in [2.05, 4.69) is 0 Å². The topological polar surface area (TPSA) is 64.2 Å². The van der Waals surface area contributed by atoms with Crippen molar-refractivity contribution in [2.24, 2.45) is 0 Å². The maximum atomic E-state index is 8.99. The van der Waals surface area contributed by atoms with Gasteiger partial charge in [0.05, 0.1) is 24.7 Å². The Morgan fingerprint density at radius 2 is 2.00 bits per heavy atom. The molecule has 0 saturated carbocycles. The second-order valence-corrected chi connectivity index (χ2v) is 2.31. The molecule has 0 radical (unpaired) electrons. The number of nitriles is 1. The average Bonchev–Trinajstić information content (AvgIpc) is 1.88. The van der Waals surface area contributed by atoms with Crippen molar-refractivity contribution in [2.75, 3.05) is 0 Å². The Kier molecular flexibility index (Phi) is 4.91. The lowest BCUT2D eigenvalue weighted by atomic mass is 10.1. The van der Waals surface area contributed by atoms with E-state index in [1.165, 1.54) is 0 Å². The van der Waals surface area contributed by atoms with E-state index >= 15 is 0 Å². The molecule has 3 nitrogen and oxygen atoms in total. The predicted octanol–water partition coefficient (Wildman–Crippen LogP) is 0.422. The Labute approximate surface area is 60.9 Å². The molecule has 0 fully saturated rings. The highest BCUT2D eigenvalue weighted by Crippen LogP contribution is 2.03. The molecule has 0 aliphatic rings. The van der Waals surface area contributed by atoms with Crippen LogP contribution in [0.4, 0.5) is 0 Å². The monoisotopic (exact) mass is 143 g/mol. The van der Waals surface area contributed by atoms with Crippen LogP contribution in [-0.2, 0) is 0 Å². The van der Waals surface area contributed by atoms with Crippen LogP contribution in [0.3, 0.4) is 0 Å². The summed E-state index contributed by atoms with van der Waals surface area (Å²) in [5, 5.41) is 26.1. The summed E-state index contributed by atoms with van der Waals surface area (Å²) in [5.74, 6) is 0. The molecule has 10 heavy (non-hydrogen) atoms. The third-order valence-corrected chi connectivity index (χ3v) is 1.34. The maximum absolute atomic E-state index is 8.99. The number of hydrogen-bond acceptors (Lipinski definition) is 3. The van der Waals surface area contributed by atoms with E-state index < -0.39 is 12.2 Å². The summed E-state index contributed by atoms with van der Waals surface area (Å²) in [4.78, 5) is 0. The molecule has 2 N–H and O–H groups in total. The van der Waals surface area contributed by atoms with Gasteiger partial charge in [-0.25, -0.2) is 0 Å². The van der Waals surface area contributed by atoms with Crippen molar-refractivity contribution in [1.29, 1.82) is 5.26 Å². The molecule has 0 heterocycles. The fraction of sp³-hybridized carbons (Fsp3) is 0.857. The van der Waals surface area contributed by atoms with Gasteiger partial charge in [-0.2, -0.15) is 5.26 Å². The molecule has 0 amide bonds. The Balaban J connectivity index is 3.38. The van der Waals surface area contributed by atoms with Crippen molar-refractivity contribution in [2.45, 2.75) is 38.4 Å². The number of rotatable bonds is 4. The second kappa shape index (κ2) is 5.21. The van der Waals surface area contributed by atoms with Gasteiger partial charge in [-0.1, -0.05) is 6.92 Å². The Morgan fingerprint density at radius 3 is 2.40 bits per heavy atom. The molecule has 0 saturated heterocycles. The van der Waals surface area contributed by atoms with Gasteiger partial charge in [-0.3, -0.25) is 0 Å². The molecule has 0 rings (SSSR count). The van der Waals surface area contributed by atoms with Crippen molar-refractivity contribution in [1.82, 2.24) is 0 Å². The van der Waals surface area contributed by atoms with Gasteiger partial charge in [-0.15, -0.1) is 0 Å². The third-order valence-electron chi connectivity index (χ3n) is 1.34. The first-order chi connectivity index (χ1) is 4.70. The van der Waals surface area contributed by atoms with Crippen molar-refractivity contribution >= 4 is 0 Å². The average molecular weight is 143 g/mol. The predicted molar refractivity (Wildman–Crippen MR) is 37.2 cm³/mol. The highest BCUT2D eigenvalue weighted by molar-refractivity contribution is 4.76. The highest BCUT2D eigenvalue weighted by Gasteiger charge is 2.08. The molecule has 2 atom stereocenters. The molecular formula is C7H13NO2. The summed E-state index contributed by atoms with van der Waals surface area (Å²) >= 11 is 0. The van der Waals surface area contributed by atoms with E-state index in [9.17, 15) is 0 Å². The van der Waals surface area contributed by atoms with Crippen molar-refractivity contribution in [3.63, 3.8) is 0 Å². The van der Waals surface area contributed by atoms with Gasteiger partial charge >= 0.3 is 0 Å². The zero-order valence-corrected chi connectivity index (χ0v) is 6.12. The van der Waals surface area contributed by atoms with Gasteiger partial charge in [0.2, 0.25) is 0 Å². The number of aliphatic hydroxyl groups excluding tert-OH is 2. The summed E-state index contributed by atoms with van der Waals surface area (Å²) in [5.41, 5.74) is 0. The van der Waals surface area contributed by atoms with E-state index in [1.807, 2.05) is 13.0 Å². The van der Waals surface area contributed by atoms with Crippen LogP contribution < -0.4 is 0 Å². The zero-order chi connectivity index (χ0) is 7.98. The molecule has 2 unspecified atom stereocenters. The highest BCUT2D eigenvalue weighted by atomic mass is 16.3. The van der Waals surface area contributed by atoms with E-state index in [4.69, 9.17) is 15.5 Å². The molecular weight excluding hydrogens is 130 g/mol. The van der Waals surface area contributed by atoms with E-state index in [0.29, 0.717) is 12.8 Å². The minimum absolute atomic E-state index is 0.108. The normalized spacial score (nSPS) is 15.8. The fourth-order valence-electron chi connectivity index (χ4n) is 0.669. The van der Waals surface area contributed by atoms with Crippen LogP contribution >= 0.6 is 0 Å². The summed E-state index contributed by atoms with van der Waals surface area (Å²) in [6.07, 6.45) is -0.0906. The standard InChI is InChI=1S/C7H13NO2/c1-2-6(9)5-7(10)3-4-8/h6-7,9-10H,2-3,5H2,1H3. The lowest BCUT2D eigenvalue weighted by Gasteiger charge is -2.10. The Hall–Kier alpha value is -0.590. The second-order valence-electron chi connectivity index (χ2n) is 2.31. The van der Waals surface area contributed by atoms with Crippen LogP contribution in [0.15, 0.2) is 0 Å². The molecule has 58 valence electrons. The van der Waals surface area contributed by atoms with Crippen LogP contribution in [0, 0.1) is 11.3 Å². The Bertz CT molecular complexity index is 119. The molecule has 0 aliphatic carbocycles. The van der Waals surface area contributed by atoms with Crippen molar-refractivity contribution in [3.8, 4) is 6.07 Å². The fourth-order valence-corrected chi connectivity index (χ4v) is 0.669. The quantitative estimate of drug-likeness (QED) is 0.599. The van der Waals surface area contributed by atoms with Crippen LogP contribution in [0.5, 0.6) is 0 Å². The summed E-state index contributed by atoms with van der Waals surface area (Å²) in [6.45, 7) is 1.84. The van der Waals surface area contributed by atoms with E-state index in [0.717, 1.165) is 0 Å². The van der Waals surface area contributed by atoms with Crippen LogP contribution in [-0.4, -0.2) is 22.4 Å². The molecule has 0 bridgehead atoms. The van der Waals surface area contributed by atoms with Crippen LogP contribution in [0.25, 0.3) is 0 Å². The van der Waals surface area contributed by atoms with Gasteiger partial charge in [0.25, 0.3) is 0 Å². The van der Waals surface area contributed by atoms with Gasteiger partial charge in [0, 0.05) is 6.42 Å². The summed E-state index contributed by atoms with van der Waals surface area (Å²) < 4.78 is 0. The number of hydrogen-bond donors (Lipinski definition) is 2. The molecule has 0 aliphatic heterocycles. The van der Waals surface area contributed by atoms with Gasteiger partial charge in [0.15, 0.2) is 0 Å². The first-order valence-corrected chi connectivity index (χ1v) is 3.43. The third kappa shape index (κ3) is 4.30. The van der Waals surface area contributed by atoms with Crippen molar-refractivity contribution in [3.05, 3.63) is 0 Å². The van der Waals surface area contributed by atoms with Gasteiger partial charge in [-0.05, 0) is 6.42 Å². The van der Waals surface area contributed by atoms with E-state index in [1.54, 1.807) is 0 Å². The SMILES string of the molecule is CCC(O)CC(O)CC#N. The van der Waals surface area contributed by atoms with Crippen molar-refractivity contribution < 1.29 is 10.2 Å². The molecule has 0 aromatic heterocycles. The smallest absolute Gasteiger partial charge is 0.0694 e. The maximum Gasteiger partial charge on any atom is 0.0694 e. The summed E-state index contributed by atoms with van der Waals surface area (Å²) in [7, 11) is 0. The minimum Gasteiger partial charge on any atom is -0.393 e. The Morgan fingerprint density at radius 1 is 1.40 bits per heavy atom. The molecule has 0 aromatic rings. The van der Waals surface area contributed by atoms with Gasteiger partial charge < -0.3 is 10.2 Å². The van der Waals surface area contributed by atoms with E-state index in [-0.39, 0.29) is 6.42 Å². The minimum atomic E-state index is -0.667. The zero-order valence-electron chi connectivity index (χ0n) is 6.12. The first kappa shape index (κ1) is 9.41. The summed E-state index contributed by atoms with van der Waals surface area (Å²) in [6, 6.07) is 1.84.